The maximum absolute atomic E-state index is 12.0. The summed E-state index contributed by atoms with van der Waals surface area (Å²) in [4.78, 5) is 30.7. The number of hydrogen-bond donors (Lipinski definition) is 3. The summed E-state index contributed by atoms with van der Waals surface area (Å²) < 4.78 is 0. The van der Waals surface area contributed by atoms with Gasteiger partial charge in [0.15, 0.2) is 5.16 Å². The molecule has 9 heteroatoms. The van der Waals surface area contributed by atoms with E-state index in [0.717, 1.165) is 11.8 Å². The predicted octanol–water partition coefficient (Wildman–Crippen LogP) is 2.65. The number of halogens is 2. The number of aryl methyl sites for hydroxylation is 1. The van der Waals surface area contributed by atoms with Gasteiger partial charge in [-0.3, -0.25) is 9.59 Å². The van der Waals surface area contributed by atoms with Crippen molar-refractivity contribution >= 4 is 46.6 Å². The van der Waals surface area contributed by atoms with Crippen molar-refractivity contribution in [3.8, 4) is 0 Å². The van der Waals surface area contributed by atoms with Crippen LogP contribution in [0.5, 0.6) is 0 Å². The highest BCUT2D eigenvalue weighted by Crippen LogP contribution is 2.25. The number of aromatic amines is 1. The van der Waals surface area contributed by atoms with Crippen LogP contribution in [-0.4, -0.2) is 33.3 Å². The molecule has 0 aliphatic carbocycles. The summed E-state index contributed by atoms with van der Waals surface area (Å²) in [5.41, 5.74) is 1.09. The molecule has 1 amide bonds. The van der Waals surface area contributed by atoms with Crippen LogP contribution in [0.4, 0.5) is 5.69 Å². The van der Waals surface area contributed by atoms with Crippen LogP contribution in [0, 0.1) is 6.92 Å². The highest BCUT2D eigenvalue weighted by molar-refractivity contribution is 7.99. The summed E-state index contributed by atoms with van der Waals surface area (Å²) in [6, 6.07) is 4.77. The van der Waals surface area contributed by atoms with Gasteiger partial charge in [0.05, 0.1) is 16.5 Å². The second kappa shape index (κ2) is 8.53. The van der Waals surface area contributed by atoms with E-state index >= 15 is 0 Å². The van der Waals surface area contributed by atoms with Crippen molar-refractivity contribution in [2.45, 2.75) is 18.5 Å². The van der Waals surface area contributed by atoms with Crippen LogP contribution < -0.4 is 10.9 Å². The van der Waals surface area contributed by atoms with Crippen LogP contribution in [0.25, 0.3) is 0 Å². The third kappa shape index (κ3) is 4.98. The van der Waals surface area contributed by atoms with Gasteiger partial charge < -0.3 is 15.4 Å². The molecule has 0 aliphatic rings. The Morgan fingerprint density at radius 2 is 2.17 bits per heavy atom. The number of rotatable bonds is 6. The average Bonchev–Trinajstić information content (AvgIpc) is 2.52. The van der Waals surface area contributed by atoms with E-state index in [0.29, 0.717) is 32.1 Å². The first-order valence-corrected chi connectivity index (χ1v) is 8.73. The van der Waals surface area contributed by atoms with Crippen molar-refractivity contribution in [2.75, 3.05) is 17.7 Å². The minimum Gasteiger partial charge on any atom is -0.396 e. The van der Waals surface area contributed by atoms with Gasteiger partial charge in [-0.05, 0) is 25.1 Å². The number of carbonyl (C=O) groups is 1. The van der Waals surface area contributed by atoms with Crippen LogP contribution in [0.15, 0.2) is 28.2 Å². The molecule has 24 heavy (non-hydrogen) atoms. The summed E-state index contributed by atoms with van der Waals surface area (Å²) in [6.45, 7) is 1.57. The van der Waals surface area contributed by atoms with Crippen LogP contribution >= 0.6 is 35.0 Å². The van der Waals surface area contributed by atoms with E-state index in [1.165, 1.54) is 0 Å². The van der Waals surface area contributed by atoms with E-state index in [-0.39, 0.29) is 30.2 Å². The molecule has 1 aromatic heterocycles. The Balaban J connectivity index is 2.01. The Kier molecular flexibility index (Phi) is 6.68. The number of nitrogens with one attached hydrogen (secondary N) is 2. The number of anilines is 1. The smallest absolute Gasteiger partial charge is 0.255 e. The lowest BCUT2D eigenvalue weighted by molar-refractivity contribution is -0.113. The van der Waals surface area contributed by atoms with Gasteiger partial charge in [0.25, 0.3) is 5.56 Å². The molecule has 0 saturated carbocycles. The van der Waals surface area contributed by atoms with E-state index in [1.54, 1.807) is 25.1 Å². The van der Waals surface area contributed by atoms with Gasteiger partial charge in [0.1, 0.15) is 0 Å². The molecule has 2 aromatic rings. The summed E-state index contributed by atoms with van der Waals surface area (Å²) in [5.74, 6) is -0.256. The highest BCUT2D eigenvalue weighted by Gasteiger charge is 2.11. The Labute approximate surface area is 152 Å². The van der Waals surface area contributed by atoms with Crippen molar-refractivity contribution in [1.29, 1.82) is 0 Å². The molecule has 0 fully saturated rings. The summed E-state index contributed by atoms with van der Waals surface area (Å²) in [5, 5.41) is 12.8. The van der Waals surface area contributed by atoms with Crippen LogP contribution in [0.1, 0.15) is 11.3 Å². The summed E-state index contributed by atoms with van der Waals surface area (Å²) in [6.07, 6.45) is 0.243. The fraction of sp³-hybridized carbons (Fsp3) is 0.267. The highest BCUT2D eigenvalue weighted by atomic mass is 35.5. The molecular weight excluding hydrogens is 373 g/mol. The summed E-state index contributed by atoms with van der Waals surface area (Å²) in [7, 11) is 0. The Morgan fingerprint density at radius 3 is 2.83 bits per heavy atom. The van der Waals surface area contributed by atoms with Gasteiger partial charge in [0.2, 0.25) is 5.91 Å². The van der Waals surface area contributed by atoms with E-state index in [2.05, 4.69) is 15.3 Å². The lowest BCUT2D eigenvalue weighted by Crippen LogP contribution is -2.19. The van der Waals surface area contributed by atoms with E-state index in [9.17, 15) is 9.59 Å². The Bertz CT molecular complexity index is 811. The number of benzene rings is 1. The number of amides is 1. The molecule has 0 bridgehead atoms. The molecule has 1 aromatic carbocycles. The minimum absolute atomic E-state index is 0.0462. The van der Waals surface area contributed by atoms with Crippen molar-refractivity contribution < 1.29 is 9.90 Å². The first-order valence-electron chi connectivity index (χ1n) is 6.99. The first-order chi connectivity index (χ1) is 11.4. The summed E-state index contributed by atoms with van der Waals surface area (Å²) >= 11 is 12.9. The molecule has 0 atom stereocenters. The van der Waals surface area contributed by atoms with Crippen molar-refractivity contribution in [3.05, 3.63) is 49.9 Å². The van der Waals surface area contributed by atoms with E-state index < -0.39 is 0 Å². The fourth-order valence-corrected chi connectivity index (χ4v) is 3.02. The average molecular weight is 388 g/mol. The fourth-order valence-electron chi connectivity index (χ4n) is 1.97. The topological polar surface area (TPSA) is 95.1 Å². The molecule has 0 unspecified atom stereocenters. The second-order valence-corrected chi connectivity index (χ2v) is 6.68. The zero-order chi connectivity index (χ0) is 17.7. The standard InChI is InChI=1S/C15H15Cl2N3O3S/c1-8-10(4-5-21)14(23)20-15(18-8)24-7-13(22)19-12-6-9(16)2-3-11(12)17/h2-3,6,21H,4-5,7H2,1H3,(H,19,22)(H,18,20,23). The van der Waals surface area contributed by atoms with E-state index in [4.69, 9.17) is 28.3 Å². The minimum atomic E-state index is -0.308. The van der Waals surface area contributed by atoms with Crippen LogP contribution in [-0.2, 0) is 11.2 Å². The molecule has 0 saturated heterocycles. The molecule has 1 heterocycles. The number of nitrogens with zero attached hydrogens (tertiary/aromatic N) is 1. The molecule has 0 spiro atoms. The number of thioether (sulfide) groups is 1. The normalized spacial score (nSPS) is 10.7. The molecule has 6 nitrogen and oxygen atoms in total. The van der Waals surface area contributed by atoms with Gasteiger partial charge in [-0.15, -0.1) is 0 Å². The molecule has 3 N–H and O–H groups in total. The third-order valence-electron chi connectivity index (χ3n) is 3.10. The third-order valence-corrected chi connectivity index (χ3v) is 4.54. The zero-order valence-corrected chi connectivity index (χ0v) is 15.1. The quantitative estimate of drug-likeness (QED) is 0.523. The van der Waals surface area contributed by atoms with Gasteiger partial charge in [0, 0.05) is 29.3 Å². The van der Waals surface area contributed by atoms with Gasteiger partial charge in [-0.2, -0.15) is 0 Å². The number of hydrogen-bond acceptors (Lipinski definition) is 5. The monoisotopic (exact) mass is 387 g/mol. The number of aliphatic hydroxyl groups excluding tert-OH is 1. The van der Waals surface area contributed by atoms with Crippen molar-refractivity contribution in [3.63, 3.8) is 0 Å². The molecule has 0 aliphatic heterocycles. The number of carbonyl (C=O) groups excluding carboxylic acids is 1. The first kappa shape index (κ1) is 18.8. The Hall–Kier alpha value is -1.54. The van der Waals surface area contributed by atoms with E-state index in [1.807, 2.05) is 0 Å². The largest absolute Gasteiger partial charge is 0.396 e. The maximum Gasteiger partial charge on any atom is 0.255 e. The number of aromatic nitrogens is 2. The van der Waals surface area contributed by atoms with Gasteiger partial charge in [-0.25, -0.2) is 4.98 Å². The van der Waals surface area contributed by atoms with Crippen LogP contribution in [0.2, 0.25) is 10.0 Å². The number of H-pyrrole nitrogens is 1. The zero-order valence-electron chi connectivity index (χ0n) is 12.7. The second-order valence-electron chi connectivity index (χ2n) is 4.87. The lowest BCUT2D eigenvalue weighted by atomic mass is 10.2. The number of aliphatic hydroxyl groups is 1. The predicted molar refractivity (Wildman–Crippen MR) is 96.2 cm³/mol. The van der Waals surface area contributed by atoms with Crippen molar-refractivity contribution in [1.82, 2.24) is 9.97 Å². The van der Waals surface area contributed by atoms with Crippen molar-refractivity contribution in [2.24, 2.45) is 0 Å². The molecule has 0 radical (unpaired) electrons. The lowest BCUT2D eigenvalue weighted by Gasteiger charge is -2.08. The molecular formula is C15H15Cl2N3O3S. The maximum atomic E-state index is 12.0. The van der Waals surface area contributed by atoms with Gasteiger partial charge >= 0.3 is 0 Å². The van der Waals surface area contributed by atoms with Crippen LogP contribution in [0.3, 0.4) is 0 Å². The van der Waals surface area contributed by atoms with Gasteiger partial charge in [-0.1, -0.05) is 35.0 Å². The molecule has 2 rings (SSSR count). The molecule has 128 valence electrons. The Morgan fingerprint density at radius 1 is 1.42 bits per heavy atom. The SMILES string of the molecule is Cc1nc(SCC(=O)Nc2cc(Cl)ccc2Cl)[nH]c(=O)c1CCO.